The van der Waals surface area contributed by atoms with E-state index in [-0.39, 0.29) is 6.10 Å². The van der Waals surface area contributed by atoms with Crippen molar-refractivity contribution in [1.29, 1.82) is 0 Å². The quantitative estimate of drug-likeness (QED) is 0.873. The van der Waals surface area contributed by atoms with E-state index in [0.29, 0.717) is 0 Å². The summed E-state index contributed by atoms with van der Waals surface area (Å²) in [6.07, 6.45) is 3.12. The minimum Gasteiger partial charge on any atom is -0.497 e. The summed E-state index contributed by atoms with van der Waals surface area (Å²) >= 11 is 0. The zero-order chi connectivity index (χ0) is 14.7. The molecule has 0 aliphatic carbocycles. The van der Waals surface area contributed by atoms with Crippen LogP contribution in [0.2, 0.25) is 0 Å². The first kappa shape index (κ1) is 14.0. The number of hydrogen-bond donors (Lipinski definition) is 1. The van der Waals surface area contributed by atoms with Crippen LogP contribution in [0.3, 0.4) is 0 Å². The fourth-order valence-electron chi connectivity index (χ4n) is 2.89. The standard InChI is InChI=1S/C18H21NO2/c1-20-16-6-2-13(3-7-16)4-9-18-17-8-5-15(19)12-14(17)10-11-21-18/h2-3,5-8,12,18H,4,9-11,19H2,1H3. The van der Waals surface area contributed by atoms with Crippen molar-refractivity contribution in [2.75, 3.05) is 19.5 Å². The van der Waals surface area contributed by atoms with Crippen molar-refractivity contribution in [2.24, 2.45) is 0 Å². The molecule has 2 aromatic carbocycles. The van der Waals surface area contributed by atoms with Gasteiger partial charge in [-0.3, -0.25) is 0 Å². The first-order chi connectivity index (χ1) is 10.3. The number of methoxy groups -OCH3 is 1. The molecule has 0 bridgehead atoms. The zero-order valence-corrected chi connectivity index (χ0v) is 12.3. The molecule has 2 N–H and O–H groups in total. The Morgan fingerprint density at radius 2 is 2.00 bits per heavy atom. The molecule has 0 spiro atoms. The van der Waals surface area contributed by atoms with Gasteiger partial charge in [0.25, 0.3) is 0 Å². The lowest BCUT2D eigenvalue weighted by Crippen LogP contribution is -2.17. The molecule has 0 radical (unpaired) electrons. The highest BCUT2D eigenvalue weighted by Crippen LogP contribution is 2.32. The van der Waals surface area contributed by atoms with Crippen LogP contribution in [0.5, 0.6) is 5.75 Å². The average Bonchev–Trinajstić information content (AvgIpc) is 2.53. The van der Waals surface area contributed by atoms with E-state index in [1.807, 2.05) is 18.2 Å². The van der Waals surface area contributed by atoms with Gasteiger partial charge in [-0.05, 0) is 60.2 Å². The molecule has 0 fully saturated rings. The van der Waals surface area contributed by atoms with Gasteiger partial charge in [-0.15, -0.1) is 0 Å². The Bertz CT molecular complexity index is 607. The Hall–Kier alpha value is -2.00. The Kier molecular flexibility index (Phi) is 4.11. The summed E-state index contributed by atoms with van der Waals surface area (Å²) in [5.74, 6) is 0.897. The molecule has 1 aliphatic heterocycles. The van der Waals surface area contributed by atoms with Crippen LogP contribution in [0, 0.1) is 0 Å². The van der Waals surface area contributed by atoms with Crippen molar-refractivity contribution >= 4 is 5.69 Å². The van der Waals surface area contributed by atoms with Crippen molar-refractivity contribution in [2.45, 2.75) is 25.4 Å². The summed E-state index contributed by atoms with van der Waals surface area (Å²) in [6.45, 7) is 0.781. The second-order valence-electron chi connectivity index (χ2n) is 5.45. The van der Waals surface area contributed by atoms with Crippen molar-refractivity contribution in [1.82, 2.24) is 0 Å². The topological polar surface area (TPSA) is 44.5 Å². The predicted molar refractivity (Wildman–Crippen MR) is 84.6 cm³/mol. The van der Waals surface area contributed by atoms with E-state index in [4.69, 9.17) is 15.2 Å². The second-order valence-corrected chi connectivity index (χ2v) is 5.45. The number of ether oxygens (including phenoxy) is 2. The molecule has 3 rings (SSSR count). The highest BCUT2D eigenvalue weighted by Gasteiger charge is 2.20. The van der Waals surface area contributed by atoms with Crippen LogP contribution in [0.1, 0.15) is 29.2 Å². The SMILES string of the molecule is COc1ccc(CCC2OCCc3cc(N)ccc32)cc1. The summed E-state index contributed by atoms with van der Waals surface area (Å²) in [6, 6.07) is 14.4. The maximum absolute atomic E-state index is 5.95. The van der Waals surface area contributed by atoms with E-state index < -0.39 is 0 Å². The van der Waals surface area contributed by atoms with Crippen LogP contribution in [0.15, 0.2) is 42.5 Å². The fourth-order valence-corrected chi connectivity index (χ4v) is 2.89. The molecule has 0 saturated heterocycles. The summed E-state index contributed by atoms with van der Waals surface area (Å²) < 4.78 is 11.1. The zero-order valence-electron chi connectivity index (χ0n) is 12.3. The van der Waals surface area contributed by atoms with E-state index in [2.05, 4.69) is 24.3 Å². The lowest BCUT2D eigenvalue weighted by atomic mass is 9.93. The van der Waals surface area contributed by atoms with Crippen LogP contribution in [0.4, 0.5) is 5.69 Å². The smallest absolute Gasteiger partial charge is 0.118 e. The van der Waals surface area contributed by atoms with Gasteiger partial charge in [0.2, 0.25) is 0 Å². The summed E-state index contributed by atoms with van der Waals surface area (Å²) in [5, 5.41) is 0. The maximum Gasteiger partial charge on any atom is 0.118 e. The largest absolute Gasteiger partial charge is 0.497 e. The number of anilines is 1. The highest BCUT2D eigenvalue weighted by atomic mass is 16.5. The molecule has 3 nitrogen and oxygen atoms in total. The summed E-state index contributed by atoms with van der Waals surface area (Å²) in [7, 11) is 1.69. The van der Waals surface area contributed by atoms with Gasteiger partial charge >= 0.3 is 0 Å². The molecule has 1 heterocycles. The van der Waals surface area contributed by atoms with E-state index in [1.165, 1.54) is 16.7 Å². The van der Waals surface area contributed by atoms with Crippen molar-refractivity contribution in [3.8, 4) is 5.75 Å². The van der Waals surface area contributed by atoms with Gasteiger partial charge < -0.3 is 15.2 Å². The summed E-state index contributed by atoms with van der Waals surface area (Å²) in [4.78, 5) is 0. The molecule has 0 saturated carbocycles. The Labute approximate surface area is 125 Å². The van der Waals surface area contributed by atoms with E-state index in [9.17, 15) is 0 Å². The monoisotopic (exact) mass is 283 g/mol. The van der Waals surface area contributed by atoms with E-state index in [0.717, 1.165) is 37.3 Å². The minimum atomic E-state index is 0.177. The van der Waals surface area contributed by atoms with Gasteiger partial charge in [-0.2, -0.15) is 0 Å². The van der Waals surface area contributed by atoms with Crippen LogP contribution in [-0.2, 0) is 17.6 Å². The number of benzene rings is 2. The van der Waals surface area contributed by atoms with Gasteiger partial charge in [0, 0.05) is 5.69 Å². The third-order valence-electron chi connectivity index (χ3n) is 4.06. The van der Waals surface area contributed by atoms with E-state index >= 15 is 0 Å². The molecule has 0 amide bonds. The third-order valence-corrected chi connectivity index (χ3v) is 4.06. The first-order valence-corrected chi connectivity index (χ1v) is 7.39. The molecule has 1 unspecified atom stereocenters. The number of aryl methyl sites for hydroxylation is 1. The minimum absolute atomic E-state index is 0.177. The third kappa shape index (κ3) is 3.19. The number of fused-ring (bicyclic) bond motifs is 1. The Morgan fingerprint density at radius 1 is 1.19 bits per heavy atom. The van der Waals surface area contributed by atoms with Crippen molar-refractivity contribution < 1.29 is 9.47 Å². The van der Waals surface area contributed by atoms with Crippen molar-refractivity contribution in [3.05, 3.63) is 59.2 Å². The van der Waals surface area contributed by atoms with Crippen LogP contribution >= 0.6 is 0 Å². The number of hydrogen-bond acceptors (Lipinski definition) is 3. The molecule has 0 aromatic heterocycles. The highest BCUT2D eigenvalue weighted by molar-refractivity contribution is 5.46. The summed E-state index contributed by atoms with van der Waals surface area (Å²) in [5.41, 5.74) is 10.6. The number of nitrogen functional groups attached to an aromatic ring is 1. The van der Waals surface area contributed by atoms with Gasteiger partial charge in [-0.1, -0.05) is 18.2 Å². The molecule has 110 valence electrons. The van der Waals surface area contributed by atoms with Gasteiger partial charge in [-0.25, -0.2) is 0 Å². The maximum atomic E-state index is 5.95. The number of rotatable bonds is 4. The molecule has 1 aliphatic rings. The molecule has 21 heavy (non-hydrogen) atoms. The average molecular weight is 283 g/mol. The fraction of sp³-hybridized carbons (Fsp3) is 0.333. The van der Waals surface area contributed by atoms with E-state index in [1.54, 1.807) is 7.11 Å². The Balaban J connectivity index is 1.68. The molecule has 1 atom stereocenters. The first-order valence-electron chi connectivity index (χ1n) is 7.39. The van der Waals surface area contributed by atoms with Crippen LogP contribution in [-0.4, -0.2) is 13.7 Å². The molecular weight excluding hydrogens is 262 g/mol. The van der Waals surface area contributed by atoms with Gasteiger partial charge in [0.1, 0.15) is 5.75 Å². The van der Waals surface area contributed by atoms with Crippen LogP contribution < -0.4 is 10.5 Å². The molecular formula is C18H21NO2. The van der Waals surface area contributed by atoms with Crippen LogP contribution in [0.25, 0.3) is 0 Å². The Morgan fingerprint density at radius 3 is 2.76 bits per heavy atom. The molecule has 3 heteroatoms. The van der Waals surface area contributed by atoms with Gasteiger partial charge in [0.15, 0.2) is 0 Å². The predicted octanol–water partition coefficient (Wildman–Crippen LogP) is 3.52. The lowest BCUT2D eigenvalue weighted by molar-refractivity contribution is 0.0368. The van der Waals surface area contributed by atoms with Gasteiger partial charge in [0.05, 0.1) is 19.8 Å². The normalized spacial score (nSPS) is 17.3. The second kappa shape index (κ2) is 6.19. The molecule has 2 aromatic rings. The lowest BCUT2D eigenvalue weighted by Gasteiger charge is -2.26. The number of nitrogens with two attached hydrogens (primary N) is 1. The van der Waals surface area contributed by atoms with Crippen molar-refractivity contribution in [3.63, 3.8) is 0 Å².